The van der Waals surface area contributed by atoms with Gasteiger partial charge in [-0.25, -0.2) is 0 Å². The van der Waals surface area contributed by atoms with Gasteiger partial charge in [0.15, 0.2) is 24.1 Å². The third-order valence-corrected chi connectivity index (χ3v) is 24.5. The summed E-state index contributed by atoms with van der Waals surface area (Å²) >= 11 is 14.6. The molecule has 750 valence electrons. The molecule has 8 heterocycles. The Morgan fingerprint density at radius 3 is 1.93 bits per heavy atom. The molecule has 15 rings (SSSR count). The van der Waals surface area contributed by atoms with Gasteiger partial charge in [0.05, 0.1) is 54.5 Å². The molecule has 8 aliphatic heterocycles. The van der Waals surface area contributed by atoms with Gasteiger partial charge in [0.2, 0.25) is 59.3 Å². The van der Waals surface area contributed by atoms with E-state index in [1.807, 2.05) is 0 Å². The first-order chi connectivity index (χ1) is 65.8. The van der Waals surface area contributed by atoms with Gasteiger partial charge in [-0.05, 0) is 152 Å². The quantitative estimate of drug-likeness (QED) is 0.0353. The van der Waals surface area contributed by atoms with Crippen molar-refractivity contribution in [2.24, 2.45) is 17.4 Å². The second-order valence-electron chi connectivity index (χ2n) is 34.6. The number of alkyl halides is 3. The number of aromatic hydroxyl groups is 3. The maximum Gasteiger partial charge on any atom is 0.573 e. The number of ether oxygens (including phenoxy) is 9. The number of carbonyl (C=O) groups excluding carboxylic acids is 9. The van der Waals surface area contributed by atoms with Crippen molar-refractivity contribution < 1.29 is 165 Å². The third-order valence-electron chi connectivity index (χ3n) is 23.9. The number of halogens is 5. The Hall–Kier alpha value is -12.0. The Morgan fingerprint density at radius 1 is 0.655 bits per heavy atom. The fourth-order valence-electron chi connectivity index (χ4n) is 16.9. The molecule has 3 saturated heterocycles. The molecule has 48 heteroatoms. The van der Waals surface area contributed by atoms with E-state index >= 15 is 28.8 Å². The van der Waals surface area contributed by atoms with Crippen molar-refractivity contribution in [1.82, 2.24) is 47.4 Å². The minimum Gasteiger partial charge on any atom is -0.508 e. The van der Waals surface area contributed by atoms with Crippen LogP contribution >= 0.6 is 23.2 Å². The average molecular weight is 1990 g/mol. The summed E-state index contributed by atoms with van der Waals surface area (Å²) in [5, 5.41) is 173. The van der Waals surface area contributed by atoms with Gasteiger partial charge in [0, 0.05) is 66.6 Å². The van der Waals surface area contributed by atoms with E-state index in [2.05, 4.69) is 52.6 Å². The zero-order valence-corrected chi connectivity index (χ0v) is 76.1. The number of aliphatic hydroxyl groups excluding tert-OH is 10. The smallest absolute Gasteiger partial charge is 0.508 e. The molecule has 0 saturated carbocycles. The highest BCUT2D eigenvalue weighted by Gasteiger charge is 2.54. The average Bonchev–Trinajstić information content (AvgIpc) is 0.756. The molecule has 7 aromatic rings. The first-order valence-corrected chi connectivity index (χ1v) is 44.5. The van der Waals surface area contributed by atoms with Crippen molar-refractivity contribution in [2.45, 2.75) is 200 Å². The highest BCUT2D eigenvalue weighted by molar-refractivity contribution is 6.32. The van der Waals surface area contributed by atoms with E-state index in [4.69, 9.17) is 72.6 Å². The number of amides is 9. The number of aliphatic hydroxyl groups is 10. The predicted molar refractivity (Wildman–Crippen MR) is 477 cm³/mol. The number of anilines is 1. The SMILES string of the molecule is CN[C@H](CC(C)C)C(=O)NC1C(=O)N[C@@H](CC(N)=O)C(=O)N[C@H]2C(=O)N[C@@H]3C(=O)N[C@H](C(=O)N[C@H](C(=O)N(CCO)CCO)c4cc(O)cc(O)c4-c4cc3ccc4O)[C@H](O[C@H]3C[C@](C)(N)[C@@H](O)[C@H](C)O3)c3ccc(c(Cl)c3)Oc3cc2cc(c3O[C@@H]2O[C@H](CO)[C@@H](O[C@@H]3O[C@H](CNCc4cccc(NC(=O)c5cccc(OC(F)(F)F)c5)c4)[C@H](O)[C@H](O)[C@H]3O)[C@H](O)[C@H]2O)Oc2ccc(cc2Cl)[C@H]1O. The number of hydrogen-bond acceptors (Lipinski definition) is 34. The van der Waals surface area contributed by atoms with Crippen molar-refractivity contribution in [3.05, 3.63) is 176 Å². The van der Waals surface area contributed by atoms with Crippen LogP contribution in [0.25, 0.3) is 11.1 Å². The third kappa shape index (κ3) is 24.2. The monoisotopic (exact) mass is 1990 g/mol. The first kappa shape index (κ1) is 104. The van der Waals surface area contributed by atoms with E-state index in [0.29, 0.717) is 5.56 Å². The number of nitrogens with one attached hydrogen (secondary N) is 9. The number of likely N-dealkylation sites (N-methyl/N-ethyl adjacent to an activating group) is 1. The van der Waals surface area contributed by atoms with E-state index in [9.17, 15) is 93.9 Å². The number of phenolic OH excluding ortho intramolecular Hbond substituents is 3. The molecule has 43 nitrogen and oxygen atoms in total. The molecule has 26 N–H and O–H groups in total. The van der Waals surface area contributed by atoms with Crippen LogP contribution in [0, 0.1) is 5.92 Å². The normalized spacial score (nSPS) is 28.0. The number of primary amides is 1. The van der Waals surface area contributed by atoms with Gasteiger partial charge in [0.1, 0.15) is 132 Å². The molecule has 0 aliphatic carbocycles. The second-order valence-corrected chi connectivity index (χ2v) is 35.5. The van der Waals surface area contributed by atoms with Gasteiger partial charge in [-0.2, -0.15) is 0 Å². The maximum atomic E-state index is 16.6. The van der Waals surface area contributed by atoms with Crippen LogP contribution < -0.4 is 78.3 Å². The summed E-state index contributed by atoms with van der Waals surface area (Å²) in [5.74, 6) is -17.9. The van der Waals surface area contributed by atoms with Crippen LogP contribution in [-0.4, -0.2) is 287 Å². The summed E-state index contributed by atoms with van der Waals surface area (Å²) in [5.41, 5.74) is 8.46. The van der Waals surface area contributed by atoms with Crippen LogP contribution in [-0.2, 0) is 68.6 Å². The number of phenols is 3. The van der Waals surface area contributed by atoms with Gasteiger partial charge < -0.3 is 173 Å². The van der Waals surface area contributed by atoms with E-state index in [1.54, 1.807) is 19.9 Å². The number of benzene rings is 7. The standard InChI is InChI=1S/C91H105Cl2F3N12O31/c1-37(2)22-52(99-5)81(124)106-68-70(116)41-13-16-56(50(92)26-41)132-58-28-44-29-59(77(58)137-89-75(121)73(119)78(61(36-111)135-89)138-88-74(120)72(118)71(117)60(134-88)35-100-34-39-8-6-10-45(23-39)101-80(123)43-9-7-11-47(24-43)139-91(94,95)96)133-57-17-14-42(27-51(57)93)76(136-63-33-90(4,98)79(122)38(3)131-63)69-86(129)105-67(87(130)108(18-20-109)19-21-110)49-30-46(112)31-55(114)64(49)48-25-40(12-15-54(48)113)65(83(126)107-69)104-84(127)66(44)103-82(125)53(32-62(97)115)102-85(68)128/h6-17,23-31,37-38,52-53,60-61,63,65-76,78-79,88-89,99-100,109-114,116-122H,18-22,32-36,98H2,1-5H3,(H2,97,115)(H,101,123)(H,102,128)(H,103,125)(H,104,127)(H,105,129)(H,106,124)(H,107,126)/t38-,52+,53-,60+,61+,63-,65-,66+,67-,68?,69-,70+,71-,72-,73+,74+,75+,76+,78+,79-,88-,89-,90-/m0/s1. The van der Waals surface area contributed by atoms with Crippen molar-refractivity contribution >= 4 is 82.1 Å². The number of fused-ring (bicyclic) bond motifs is 15. The highest BCUT2D eigenvalue weighted by atomic mass is 35.5. The number of hydrogen-bond donors (Lipinski definition) is 24. The van der Waals surface area contributed by atoms with E-state index in [1.165, 1.54) is 57.3 Å². The molecule has 9 amide bonds. The number of nitrogens with zero attached hydrogens (tertiary/aromatic N) is 1. The Labute approximate surface area is 799 Å². The molecule has 3 fully saturated rings. The number of nitrogens with two attached hydrogens (primary N) is 2. The molecular weight excluding hydrogens is 1880 g/mol. The van der Waals surface area contributed by atoms with Crippen molar-refractivity contribution in [3.8, 4) is 62.9 Å². The highest BCUT2D eigenvalue weighted by Crippen LogP contribution is 2.51. The van der Waals surface area contributed by atoms with Crippen LogP contribution in [0.2, 0.25) is 10.0 Å². The molecule has 8 aliphatic rings. The molecule has 139 heavy (non-hydrogen) atoms. The van der Waals surface area contributed by atoms with Gasteiger partial charge in [-0.3, -0.25) is 43.2 Å². The molecule has 0 radical (unpaired) electrons. The fourth-order valence-corrected chi connectivity index (χ4v) is 17.4. The summed E-state index contributed by atoms with van der Waals surface area (Å²) < 4.78 is 94.4. The molecule has 23 atom stereocenters. The fraction of sp³-hybridized carbons (Fsp3) is 0.440. The Morgan fingerprint density at radius 2 is 1.29 bits per heavy atom. The summed E-state index contributed by atoms with van der Waals surface area (Å²) in [6, 6.07) is 9.16. The zero-order valence-electron chi connectivity index (χ0n) is 74.6. The molecule has 7 aromatic carbocycles. The lowest BCUT2D eigenvalue weighted by molar-refractivity contribution is -0.350. The maximum absolute atomic E-state index is 16.6. The molecular formula is C91H105Cl2F3N12O31. The van der Waals surface area contributed by atoms with E-state index < -0.39 is 335 Å². The number of carbonyl (C=O) groups is 9. The molecule has 1 unspecified atom stereocenters. The Balaban J connectivity index is 0.944. The van der Waals surface area contributed by atoms with Crippen molar-refractivity contribution in [1.29, 1.82) is 0 Å². The van der Waals surface area contributed by atoms with Gasteiger partial charge >= 0.3 is 6.36 Å². The zero-order chi connectivity index (χ0) is 101. The summed E-state index contributed by atoms with van der Waals surface area (Å²) in [4.78, 5) is 137. The Bertz CT molecular complexity index is 5710. The van der Waals surface area contributed by atoms with Gasteiger partial charge in [-0.15, -0.1) is 13.2 Å². The summed E-state index contributed by atoms with van der Waals surface area (Å²) in [7, 11) is 1.44. The lowest BCUT2D eigenvalue weighted by atomic mass is 9.86. The second kappa shape index (κ2) is 44.2. The topological polar surface area (TPSA) is 663 Å². The van der Waals surface area contributed by atoms with Gasteiger partial charge in [-0.1, -0.05) is 73.4 Å². The van der Waals surface area contributed by atoms with Crippen LogP contribution in [0.15, 0.2) is 127 Å². The summed E-state index contributed by atoms with van der Waals surface area (Å²) in [6.07, 6.45) is -35.6. The lowest BCUT2D eigenvalue weighted by Crippen LogP contribution is -2.65. The minimum absolute atomic E-state index is 0.0613. The largest absolute Gasteiger partial charge is 0.573 e. The van der Waals surface area contributed by atoms with E-state index in [-0.39, 0.29) is 47.8 Å². The lowest BCUT2D eigenvalue weighted by Gasteiger charge is -2.46. The Kier molecular flexibility index (Phi) is 33.2. The summed E-state index contributed by atoms with van der Waals surface area (Å²) in [6.45, 7) is 2.29. The van der Waals surface area contributed by atoms with Crippen LogP contribution in [0.1, 0.15) is 121 Å². The van der Waals surface area contributed by atoms with Crippen LogP contribution in [0.3, 0.4) is 0 Å². The molecule has 11 bridgehead atoms. The van der Waals surface area contributed by atoms with Crippen LogP contribution in [0.5, 0.6) is 51.7 Å². The first-order valence-electron chi connectivity index (χ1n) is 43.7. The molecule has 0 spiro atoms. The van der Waals surface area contributed by atoms with Gasteiger partial charge in [0.25, 0.3) is 5.91 Å². The van der Waals surface area contributed by atoms with Crippen molar-refractivity contribution in [3.63, 3.8) is 0 Å². The number of rotatable bonds is 26. The minimum atomic E-state index is -5.04. The van der Waals surface area contributed by atoms with Crippen LogP contribution in [0.4, 0.5) is 18.9 Å². The van der Waals surface area contributed by atoms with E-state index in [0.717, 1.165) is 89.8 Å². The predicted octanol–water partition coefficient (Wildman–Crippen LogP) is 0.607. The molecule has 0 aromatic heterocycles. The van der Waals surface area contributed by atoms with Crippen molar-refractivity contribution in [2.75, 3.05) is 51.8 Å².